The van der Waals surface area contributed by atoms with E-state index in [2.05, 4.69) is 15.6 Å². The third-order valence-corrected chi connectivity index (χ3v) is 3.04. The number of pyridine rings is 1. The number of nitrogens with one attached hydrogen (secondary N) is 2. The van der Waals surface area contributed by atoms with Crippen LogP contribution < -0.4 is 10.6 Å². The number of alkyl halides is 3. The van der Waals surface area contributed by atoms with Crippen LogP contribution in [0.3, 0.4) is 0 Å². The van der Waals surface area contributed by atoms with E-state index in [1.54, 1.807) is 0 Å². The Balaban J connectivity index is 2.29. The molecule has 0 atom stereocenters. The van der Waals surface area contributed by atoms with Gasteiger partial charge in [0.25, 0.3) is 0 Å². The molecule has 0 aliphatic heterocycles. The van der Waals surface area contributed by atoms with Gasteiger partial charge in [-0.05, 0) is 36.2 Å². The monoisotopic (exact) mass is 295 g/mol. The zero-order chi connectivity index (χ0) is 15.5. The lowest BCUT2D eigenvalue weighted by molar-refractivity contribution is -0.137. The largest absolute Gasteiger partial charge is 0.416 e. The van der Waals surface area contributed by atoms with Crippen LogP contribution in [0.4, 0.5) is 30.5 Å². The molecule has 21 heavy (non-hydrogen) atoms. The molecule has 0 unspecified atom stereocenters. The van der Waals surface area contributed by atoms with Crippen molar-refractivity contribution < 1.29 is 13.2 Å². The van der Waals surface area contributed by atoms with Gasteiger partial charge in [0.05, 0.1) is 5.56 Å². The van der Waals surface area contributed by atoms with E-state index in [1.807, 2.05) is 31.2 Å². The molecule has 0 bridgehead atoms. The summed E-state index contributed by atoms with van der Waals surface area (Å²) in [5, 5.41) is 5.52. The van der Waals surface area contributed by atoms with Crippen LogP contribution in [0, 0.1) is 0 Å². The lowest BCUT2D eigenvalue weighted by Gasteiger charge is -2.12. The maximum absolute atomic E-state index is 12.8. The van der Waals surface area contributed by atoms with Crippen LogP contribution in [-0.4, -0.2) is 12.0 Å². The second kappa shape index (κ2) is 6.03. The Morgan fingerprint density at radius 3 is 2.19 bits per heavy atom. The highest BCUT2D eigenvalue weighted by atomic mass is 19.4. The highest BCUT2D eigenvalue weighted by molar-refractivity contribution is 5.60. The molecule has 1 aromatic carbocycles. The van der Waals surface area contributed by atoms with E-state index < -0.39 is 11.7 Å². The summed E-state index contributed by atoms with van der Waals surface area (Å²) in [6.07, 6.45) is -3.50. The highest BCUT2D eigenvalue weighted by Gasteiger charge is 2.31. The molecule has 0 radical (unpaired) electrons. The number of rotatable bonds is 4. The van der Waals surface area contributed by atoms with Gasteiger partial charge in [0.1, 0.15) is 11.6 Å². The van der Waals surface area contributed by atoms with E-state index in [0.717, 1.165) is 24.1 Å². The summed E-state index contributed by atoms with van der Waals surface area (Å²) in [6.45, 7) is 2.04. The molecule has 2 aromatic rings. The third kappa shape index (κ3) is 3.87. The van der Waals surface area contributed by atoms with E-state index in [1.165, 1.54) is 7.05 Å². The predicted octanol–water partition coefficient (Wildman–Crippen LogP) is 4.45. The Morgan fingerprint density at radius 1 is 1.05 bits per heavy atom. The van der Waals surface area contributed by atoms with E-state index in [-0.39, 0.29) is 11.6 Å². The SMILES string of the molecule is CCc1ccc(Nc2cc(C(F)(F)F)cc(NC)n2)cc1. The molecule has 0 fully saturated rings. The first kappa shape index (κ1) is 15.2. The van der Waals surface area contributed by atoms with E-state index >= 15 is 0 Å². The Hall–Kier alpha value is -2.24. The van der Waals surface area contributed by atoms with Crippen molar-refractivity contribution in [3.05, 3.63) is 47.5 Å². The van der Waals surface area contributed by atoms with E-state index in [0.29, 0.717) is 5.69 Å². The summed E-state index contributed by atoms with van der Waals surface area (Å²) >= 11 is 0. The molecule has 1 heterocycles. The average Bonchev–Trinajstić information content (AvgIpc) is 2.46. The van der Waals surface area contributed by atoms with Crippen molar-refractivity contribution in [1.29, 1.82) is 0 Å². The summed E-state index contributed by atoms with van der Waals surface area (Å²) in [6, 6.07) is 9.46. The highest BCUT2D eigenvalue weighted by Crippen LogP contribution is 2.32. The summed E-state index contributed by atoms with van der Waals surface area (Å²) in [7, 11) is 1.53. The van der Waals surface area contributed by atoms with Crippen molar-refractivity contribution in [3.8, 4) is 0 Å². The molecule has 0 saturated heterocycles. The maximum Gasteiger partial charge on any atom is 0.416 e. The topological polar surface area (TPSA) is 37.0 Å². The normalized spacial score (nSPS) is 11.3. The van der Waals surface area contributed by atoms with Gasteiger partial charge in [-0.15, -0.1) is 0 Å². The second-order valence-corrected chi connectivity index (χ2v) is 4.55. The third-order valence-electron chi connectivity index (χ3n) is 3.04. The predicted molar refractivity (Wildman–Crippen MR) is 77.9 cm³/mol. The van der Waals surface area contributed by atoms with Crippen LogP contribution in [0.1, 0.15) is 18.1 Å². The van der Waals surface area contributed by atoms with Crippen molar-refractivity contribution >= 4 is 17.3 Å². The van der Waals surface area contributed by atoms with Gasteiger partial charge in [-0.1, -0.05) is 19.1 Å². The number of hydrogen-bond acceptors (Lipinski definition) is 3. The number of benzene rings is 1. The van der Waals surface area contributed by atoms with E-state index in [9.17, 15) is 13.2 Å². The number of aryl methyl sites for hydroxylation is 1. The van der Waals surface area contributed by atoms with Gasteiger partial charge < -0.3 is 10.6 Å². The molecule has 6 heteroatoms. The lowest BCUT2D eigenvalue weighted by atomic mass is 10.1. The second-order valence-electron chi connectivity index (χ2n) is 4.55. The van der Waals surface area contributed by atoms with Crippen LogP contribution >= 0.6 is 0 Å². The van der Waals surface area contributed by atoms with Crippen LogP contribution in [0.15, 0.2) is 36.4 Å². The Morgan fingerprint density at radius 2 is 1.67 bits per heavy atom. The molecule has 1 aromatic heterocycles. The first-order valence-electron chi connectivity index (χ1n) is 6.55. The first-order chi connectivity index (χ1) is 9.92. The van der Waals surface area contributed by atoms with Crippen molar-refractivity contribution in [2.75, 3.05) is 17.7 Å². The Labute approximate surface area is 121 Å². The number of aromatic nitrogens is 1. The molecule has 0 saturated carbocycles. The molecule has 0 aliphatic rings. The minimum absolute atomic E-state index is 0.151. The first-order valence-corrected chi connectivity index (χ1v) is 6.55. The van der Waals surface area contributed by atoms with Crippen molar-refractivity contribution in [1.82, 2.24) is 4.98 Å². The number of hydrogen-bond donors (Lipinski definition) is 2. The molecule has 2 rings (SSSR count). The van der Waals surface area contributed by atoms with Gasteiger partial charge in [-0.2, -0.15) is 13.2 Å². The van der Waals surface area contributed by atoms with Crippen molar-refractivity contribution in [3.63, 3.8) is 0 Å². The molecule has 0 amide bonds. The molecule has 3 nitrogen and oxygen atoms in total. The number of nitrogens with zero attached hydrogens (tertiary/aromatic N) is 1. The molecular weight excluding hydrogens is 279 g/mol. The average molecular weight is 295 g/mol. The Bertz CT molecular complexity index is 607. The van der Waals surface area contributed by atoms with Crippen LogP contribution in [-0.2, 0) is 12.6 Å². The summed E-state index contributed by atoms with van der Waals surface area (Å²) in [5.41, 5.74) is 1.11. The molecular formula is C15H16F3N3. The zero-order valence-corrected chi connectivity index (χ0v) is 11.8. The number of anilines is 3. The summed E-state index contributed by atoms with van der Waals surface area (Å²) < 4.78 is 38.5. The van der Waals surface area contributed by atoms with Gasteiger partial charge in [-0.3, -0.25) is 0 Å². The van der Waals surface area contributed by atoms with Gasteiger partial charge >= 0.3 is 6.18 Å². The van der Waals surface area contributed by atoms with Crippen LogP contribution in [0.2, 0.25) is 0 Å². The smallest absolute Gasteiger partial charge is 0.373 e. The Kier molecular flexibility index (Phi) is 4.35. The summed E-state index contributed by atoms with van der Waals surface area (Å²) in [4.78, 5) is 4.08. The fourth-order valence-corrected chi connectivity index (χ4v) is 1.86. The molecule has 0 aliphatic carbocycles. The van der Waals surface area contributed by atoms with Gasteiger partial charge in [-0.25, -0.2) is 4.98 Å². The molecule has 0 spiro atoms. The van der Waals surface area contributed by atoms with Crippen LogP contribution in [0.5, 0.6) is 0 Å². The van der Waals surface area contributed by atoms with Crippen molar-refractivity contribution in [2.24, 2.45) is 0 Å². The maximum atomic E-state index is 12.8. The van der Waals surface area contributed by atoms with Crippen molar-refractivity contribution in [2.45, 2.75) is 19.5 Å². The standard InChI is InChI=1S/C15H16F3N3/c1-3-10-4-6-12(7-5-10)20-14-9-11(15(16,17)18)8-13(19-2)21-14/h4-9H,3H2,1-2H3,(H2,19,20,21). The summed E-state index contributed by atoms with van der Waals surface area (Å²) in [5.74, 6) is 0.316. The fraction of sp³-hybridized carbons (Fsp3) is 0.267. The fourth-order valence-electron chi connectivity index (χ4n) is 1.86. The van der Waals surface area contributed by atoms with Gasteiger partial charge in [0, 0.05) is 12.7 Å². The van der Waals surface area contributed by atoms with Gasteiger partial charge in [0.2, 0.25) is 0 Å². The minimum atomic E-state index is -4.41. The molecule has 2 N–H and O–H groups in total. The quantitative estimate of drug-likeness (QED) is 0.875. The molecule has 112 valence electrons. The lowest BCUT2D eigenvalue weighted by Crippen LogP contribution is -2.08. The van der Waals surface area contributed by atoms with E-state index in [4.69, 9.17) is 0 Å². The number of halogens is 3. The minimum Gasteiger partial charge on any atom is -0.373 e. The van der Waals surface area contributed by atoms with Gasteiger partial charge in [0.15, 0.2) is 0 Å². The van der Waals surface area contributed by atoms with Crippen LogP contribution in [0.25, 0.3) is 0 Å². The zero-order valence-electron chi connectivity index (χ0n) is 11.8.